The van der Waals surface area contributed by atoms with Crippen LogP contribution in [-0.4, -0.2) is 19.2 Å². The summed E-state index contributed by atoms with van der Waals surface area (Å²) in [5.41, 5.74) is 0.728. The highest BCUT2D eigenvalue weighted by Crippen LogP contribution is 2.12. The molecule has 0 saturated carbocycles. The molecule has 0 bridgehead atoms. The lowest BCUT2D eigenvalue weighted by molar-refractivity contribution is 0.363. The van der Waals surface area contributed by atoms with E-state index in [2.05, 4.69) is 18.3 Å². The summed E-state index contributed by atoms with van der Waals surface area (Å²) in [6.45, 7) is 7.33. The summed E-state index contributed by atoms with van der Waals surface area (Å²) in [4.78, 5) is 3.53. The van der Waals surface area contributed by atoms with Gasteiger partial charge in [0.1, 0.15) is 12.4 Å². The van der Waals surface area contributed by atoms with E-state index < -0.39 is 0 Å². The van der Waals surface area contributed by atoms with Crippen LogP contribution in [0, 0.1) is 5.41 Å². The van der Waals surface area contributed by atoms with Gasteiger partial charge in [0.05, 0.1) is 0 Å². The van der Waals surface area contributed by atoms with Crippen molar-refractivity contribution in [1.29, 1.82) is 5.41 Å². The molecule has 0 spiro atoms. The Balaban J connectivity index is 2.72. The third kappa shape index (κ3) is 2.55. The van der Waals surface area contributed by atoms with Gasteiger partial charge in [-0.05, 0) is 31.0 Å². The van der Waals surface area contributed by atoms with Crippen molar-refractivity contribution in [1.82, 2.24) is 0 Å². The molecule has 1 aromatic rings. The molecular weight excluding hydrogens is 176 g/mol. The highest BCUT2D eigenvalue weighted by atomic mass is 16.5. The molecular formula is C11H12N2O. The first-order valence-electron chi connectivity index (χ1n) is 4.17. The predicted octanol–water partition coefficient (Wildman–Crippen LogP) is 2.28. The smallest absolute Gasteiger partial charge is 0.151 e. The first-order chi connectivity index (χ1) is 6.77. The fourth-order valence-electron chi connectivity index (χ4n) is 0.955. The second-order valence-electron chi connectivity index (χ2n) is 2.63. The van der Waals surface area contributed by atoms with Crippen molar-refractivity contribution in [2.75, 3.05) is 6.61 Å². The average molecular weight is 188 g/mol. The van der Waals surface area contributed by atoms with Crippen LogP contribution in [-0.2, 0) is 0 Å². The van der Waals surface area contributed by atoms with E-state index in [0.29, 0.717) is 6.61 Å². The Morgan fingerprint density at radius 3 is 2.57 bits per heavy atom. The largest absolute Gasteiger partial charge is 0.490 e. The first-order valence-corrected chi connectivity index (χ1v) is 4.17. The van der Waals surface area contributed by atoms with Crippen LogP contribution in [0.3, 0.4) is 0 Å². The van der Waals surface area contributed by atoms with Crippen LogP contribution in [0.25, 0.3) is 0 Å². The van der Waals surface area contributed by atoms with E-state index in [0.717, 1.165) is 11.3 Å². The summed E-state index contributed by atoms with van der Waals surface area (Å²) in [6.07, 6.45) is 1.68. The Morgan fingerprint density at radius 1 is 1.43 bits per heavy atom. The lowest BCUT2D eigenvalue weighted by atomic mass is 10.2. The van der Waals surface area contributed by atoms with E-state index in [1.54, 1.807) is 30.3 Å². The van der Waals surface area contributed by atoms with Gasteiger partial charge >= 0.3 is 0 Å². The fourth-order valence-corrected chi connectivity index (χ4v) is 0.955. The number of nitrogens with one attached hydrogen (secondary N) is 1. The Labute approximate surface area is 83.3 Å². The van der Waals surface area contributed by atoms with Gasteiger partial charge in [-0.1, -0.05) is 12.7 Å². The zero-order valence-corrected chi connectivity index (χ0v) is 7.86. The van der Waals surface area contributed by atoms with Gasteiger partial charge in [0, 0.05) is 5.56 Å². The van der Waals surface area contributed by atoms with E-state index in [4.69, 9.17) is 10.1 Å². The molecule has 3 heteroatoms. The number of hydrogen-bond donors (Lipinski definition) is 1. The van der Waals surface area contributed by atoms with Crippen LogP contribution in [0.15, 0.2) is 41.9 Å². The Kier molecular flexibility index (Phi) is 3.61. The summed E-state index contributed by atoms with van der Waals surface area (Å²) in [5.74, 6) is 0.922. The summed E-state index contributed by atoms with van der Waals surface area (Å²) >= 11 is 0. The van der Waals surface area contributed by atoms with E-state index in [1.165, 1.54) is 0 Å². The van der Waals surface area contributed by atoms with Crippen LogP contribution < -0.4 is 4.74 Å². The number of hydrogen-bond acceptors (Lipinski definition) is 2. The zero-order valence-electron chi connectivity index (χ0n) is 7.86. The molecule has 1 aromatic carbocycles. The number of nitrogens with zero attached hydrogens (tertiary/aromatic N) is 1. The van der Waals surface area contributed by atoms with Crippen molar-refractivity contribution in [3.8, 4) is 5.75 Å². The van der Waals surface area contributed by atoms with Gasteiger partial charge in [0.25, 0.3) is 0 Å². The minimum Gasteiger partial charge on any atom is -0.490 e. The molecule has 0 aromatic heterocycles. The van der Waals surface area contributed by atoms with E-state index in [-0.39, 0.29) is 5.84 Å². The topological polar surface area (TPSA) is 45.4 Å². The average Bonchev–Trinajstić information content (AvgIpc) is 2.26. The van der Waals surface area contributed by atoms with Crippen LogP contribution in [0.1, 0.15) is 5.56 Å². The molecule has 0 amide bonds. The number of rotatable bonds is 4. The molecule has 0 unspecified atom stereocenters. The van der Waals surface area contributed by atoms with Crippen molar-refractivity contribution in [3.05, 3.63) is 42.5 Å². The molecule has 0 aliphatic heterocycles. The van der Waals surface area contributed by atoms with Gasteiger partial charge in [-0.2, -0.15) is 0 Å². The van der Waals surface area contributed by atoms with Gasteiger partial charge in [-0.25, -0.2) is 4.99 Å². The Bertz CT molecular complexity index is 341. The zero-order chi connectivity index (χ0) is 10.4. The lowest BCUT2D eigenvalue weighted by Crippen LogP contribution is -1.95. The van der Waals surface area contributed by atoms with Crippen LogP contribution >= 0.6 is 0 Å². The Morgan fingerprint density at radius 2 is 2.07 bits per heavy atom. The maximum atomic E-state index is 7.40. The van der Waals surface area contributed by atoms with Crippen LogP contribution in [0.4, 0.5) is 0 Å². The fraction of sp³-hybridized carbons (Fsp3) is 0.0909. The summed E-state index contributed by atoms with van der Waals surface area (Å²) in [5, 5.41) is 7.40. The van der Waals surface area contributed by atoms with E-state index >= 15 is 0 Å². The van der Waals surface area contributed by atoms with E-state index in [1.807, 2.05) is 0 Å². The SMILES string of the molecule is C=CCOc1ccc(C(=N)N=C)cc1. The molecule has 1 rings (SSSR count). The molecule has 0 aliphatic rings. The Hall–Kier alpha value is -1.90. The third-order valence-electron chi connectivity index (χ3n) is 1.65. The van der Waals surface area contributed by atoms with Crippen LogP contribution in [0.5, 0.6) is 5.75 Å². The van der Waals surface area contributed by atoms with Gasteiger partial charge in [-0.15, -0.1) is 0 Å². The van der Waals surface area contributed by atoms with Crippen molar-refractivity contribution in [2.24, 2.45) is 4.99 Å². The van der Waals surface area contributed by atoms with Gasteiger partial charge in [-0.3, -0.25) is 5.41 Å². The van der Waals surface area contributed by atoms with Crippen LogP contribution in [0.2, 0.25) is 0 Å². The molecule has 0 saturated heterocycles. The molecule has 0 fully saturated rings. The minimum atomic E-state index is 0.167. The molecule has 14 heavy (non-hydrogen) atoms. The number of benzene rings is 1. The molecule has 0 aliphatic carbocycles. The standard InChI is InChI=1S/C11H12N2O/c1-3-8-14-10-6-4-9(5-7-10)11(12)13-2/h3-7,12H,1-2,8H2. The molecule has 0 heterocycles. The number of amidine groups is 1. The lowest BCUT2D eigenvalue weighted by Gasteiger charge is -2.03. The second kappa shape index (κ2) is 4.97. The number of aliphatic imine (C=N–C) groups is 1. The minimum absolute atomic E-state index is 0.167. The predicted molar refractivity (Wildman–Crippen MR) is 58.5 cm³/mol. The normalized spacial score (nSPS) is 9.14. The maximum absolute atomic E-state index is 7.40. The summed E-state index contributed by atoms with van der Waals surface area (Å²) < 4.78 is 5.29. The number of ether oxygens (including phenoxy) is 1. The van der Waals surface area contributed by atoms with Crippen molar-refractivity contribution >= 4 is 12.6 Å². The highest BCUT2D eigenvalue weighted by molar-refractivity contribution is 5.99. The summed E-state index contributed by atoms with van der Waals surface area (Å²) in [6, 6.07) is 7.13. The third-order valence-corrected chi connectivity index (χ3v) is 1.65. The quantitative estimate of drug-likeness (QED) is 0.439. The monoisotopic (exact) mass is 188 g/mol. The van der Waals surface area contributed by atoms with Gasteiger partial charge < -0.3 is 4.74 Å². The molecule has 0 atom stereocenters. The first kappa shape index (κ1) is 10.2. The van der Waals surface area contributed by atoms with Gasteiger partial charge in [0.15, 0.2) is 5.84 Å². The van der Waals surface area contributed by atoms with Crippen molar-refractivity contribution in [2.45, 2.75) is 0 Å². The highest BCUT2D eigenvalue weighted by Gasteiger charge is 1.98. The molecule has 3 nitrogen and oxygen atoms in total. The van der Waals surface area contributed by atoms with Gasteiger partial charge in [0.2, 0.25) is 0 Å². The van der Waals surface area contributed by atoms with E-state index in [9.17, 15) is 0 Å². The van der Waals surface area contributed by atoms with Crippen molar-refractivity contribution < 1.29 is 4.74 Å². The molecule has 0 radical (unpaired) electrons. The molecule has 1 N–H and O–H groups in total. The maximum Gasteiger partial charge on any atom is 0.151 e. The van der Waals surface area contributed by atoms with Crippen molar-refractivity contribution in [3.63, 3.8) is 0 Å². The molecule has 72 valence electrons. The summed E-state index contributed by atoms with van der Waals surface area (Å²) in [7, 11) is 0. The second-order valence-corrected chi connectivity index (χ2v) is 2.63.